The number of carbonyl (C=O) groups excluding carboxylic acids is 1. The van der Waals surface area contributed by atoms with Crippen molar-refractivity contribution in [2.75, 3.05) is 5.73 Å². The molecule has 1 heterocycles. The van der Waals surface area contributed by atoms with Crippen LogP contribution in [0.25, 0.3) is 0 Å². The Bertz CT molecular complexity index is 558. The molecule has 0 fully saturated rings. The van der Waals surface area contributed by atoms with Crippen LogP contribution in [0.15, 0.2) is 35.7 Å². The average Bonchev–Trinajstić information content (AvgIpc) is 2.83. The second-order valence-electron chi connectivity index (χ2n) is 4.68. The van der Waals surface area contributed by atoms with Crippen LogP contribution < -0.4 is 5.73 Å². The smallest absolute Gasteiger partial charge is 0.350 e. The molecular weight excluding hydrogens is 258 g/mol. The fourth-order valence-corrected chi connectivity index (χ4v) is 2.41. The van der Waals surface area contributed by atoms with Crippen molar-refractivity contribution in [1.82, 2.24) is 0 Å². The molecular formula is C15H17NO2S. The van der Waals surface area contributed by atoms with Crippen molar-refractivity contribution in [3.05, 3.63) is 51.7 Å². The van der Waals surface area contributed by atoms with Gasteiger partial charge in [0.1, 0.15) is 11.5 Å². The Balaban J connectivity index is 1.95. The second kappa shape index (κ2) is 5.89. The molecule has 1 aromatic heterocycles. The molecule has 100 valence electrons. The number of rotatable bonds is 4. The van der Waals surface area contributed by atoms with Gasteiger partial charge in [-0.2, -0.15) is 0 Å². The first-order valence-electron chi connectivity index (χ1n) is 6.17. The van der Waals surface area contributed by atoms with E-state index in [9.17, 15) is 4.79 Å². The summed E-state index contributed by atoms with van der Waals surface area (Å²) >= 11 is 1.30. The lowest BCUT2D eigenvalue weighted by Gasteiger charge is -2.07. The SMILES string of the molecule is CC(C)c1ccc(COC(=O)c2sccc2N)cc1. The van der Waals surface area contributed by atoms with E-state index in [1.165, 1.54) is 16.9 Å². The highest BCUT2D eigenvalue weighted by molar-refractivity contribution is 7.12. The van der Waals surface area contributed by atoms with Crippen LogP contribution in [0.3, 0.4) is 0 Å². The second-order valence-corrected chi connectivity index (χ2v) is 5.59. The van der Waals surface area contributed by atoms with Crippen LogP contribution in [0.2, 0.25) is 0 Å². The topological polar surface area (TPSA) is 52.3 Å². The Labute approximate surface area is 117 Å². The summed E-state index contributed by atoms with van der Waals surface area (Å²) in [5, 5.41) is 1.78. The normalized spacial score (nSPS) is 10.7. The van der Waals surface area contributed by atoms with Crippen molar-refractivity contribution >= 4 is 23.0 Å². The molecule has 0 aliphatic carbocycles. The Morgan fingerprint density at radius 2 is 1.95 bits per heavy atom. The molecule has 0 spiro atoms. The van der Waals surface area contributed by atoms with Crippen LogP contribution in [-0.2, 0) is 11.3 Å². The Kier molecular flexibility index (Phi) is 4.22. The number of esters is 1. The first kappa shape index (κ1) is 13.6. The molecule has 0 saturated carbocycles. The average molecular weight is 275 g/mol. The van der Waals surface area contributed by atoms with Gasteiger partial charge in [-0.25, -0.2) is 4.79 Å². The minimum absolute atomic E-state index is 0.272. The van der Waals surface area contributed by atoms with E-state index in [0.29, 0.717) is 16.5 Å². The quantitative estimate of drug-likeness (QED) is 0.863. The first-order valence-corrected chi connectivity index (χ1v) is 7.05. The van der Waals surface area contributed by atoms with Gasteiger partial charge in [0.25, 0.3) is 0 Å². The number of nitrogen functional groups attached to an aromatic ring is 1. The molecule has 19 heavy (non-hydrogen) atoms. The first-order chi connectivity index (χ1) is 9.08. The molecule has 2 N–H and O–H groups in total. The van der Waals surface area contributed by atoms with Gasteiger partial charge >= 0.3 is 5.97 Å². The molecule has 3 nitrogen and oxygen atoms in total. The van der Waals surface area contributed by atoms with E-state index in [1.807, 2.05) is 12.1 Å². The zero-order valence-electron chi connectivity index (χ0n) is 11.1. The van der Waals surface area contributed by atoms with Crippen molar-refractivity contribution in [3.63, 3.8) is 0 Å². The summed E-state index contributed by atoms with van der Waals surface area (Å²) in [4.78, 5) is 12.3. The molecule has 2 aromatic rings. The molecule has 0 atom stereocenters. The summed E-state index contributed by atoms with van der Waals surface area (Å²) in [6, 6.07) is 9.81. The molecule has 4 heteroatoms. The fourth-order valence-electron chi connectivity index (χ4n) is 1.70. The Morgan fingerprint density at radius 3 is 2.47 bits per heavy atom. The van der Waals surface area contributed by atoms with Crippen molar-refractivity contribution in [2.24, 2.45) is 0 Å². The standard InChI is InChI=1S/C15H17NO2S/c1-10(2)12-5-3-11(4-6-12)9-18-15(17)14-13(16)7-8-19-14/h3-8,10H,9,16H2,1-2H3. The van der Waals surface area contributed by atoms with E-state index in [-0.39, 0.29) is 12.6 Å². The van der Waals surface area contributed by atoms with Gasteiger partial charge in [-0.05, 0) is 28.5 Å². The number of hydrogen-bond donors (Lipinski definition) is 1. The lowest BCUT2D eigenvalue weighted by atomic mass is 10.0. The fraction of sp³-hybridized carbons (Fsp3) is 0.267. The molecule has 0 unspecified atom stereocenters. The van der Waals surface area contributed by atoms with Crippen LogP contribution >= 0.6 is 11.3 Å². The predicted molar refractivity (Wildman–Crippen MR) is 78.4 cm³/mol. The van der Waals surface area contributed by atoms with E-state index in [0.717, 1.165) is 5.56 Å². The molecule has 0 radical (unpaired) electrons. The summed E-state index contributed by atoms with van der Waals surface area (Å²) in [5.41, 5.74) is 8.41. The Morgan fingerprint density at radius 1 is 1.26 bits per heavy atom. The maximum atomic E-state index is 11.8. The van der Waals surface area contributed by atoms with E-state index in [2.05, 4.69) is 26.0 Å². The highest BCUT2D eigenvalue weighted by Crippen LogP contribution is 2.20. The van der Waals surface area contributed by atoms with Crippen LogP contribution in [-0.4, -0.2) is 5.97 Å². The number of hydrogen-bond acceptors (Lipinski definition) is 4. The summed E-state index contributed by atoms with van der Waals surface area (Å²) in [6.07, 6.45) is 0. The number of ether oxygens (including phenoxy) is 1. The largest absolute Gasteiger partial charge is 0.457 e. The van der Waals surface area contributed by atoms with Crippen molar-refractivity contribution in [3.8, 4) is 0 Å². The zero-order valence-corrected chi connectivity index (χ0v) is 11.9. The van der Waals surface area contributed by atoms with Crippen molar-refractivity contribution in [1.29, 1.82) is 0 Å². The molecule has 2 rings (SSSR count). The lowest BCUT2D eigenvalue weighted by molar-refractivity contribution is 0.0479. The number of thiophene rings is 1. The third-order valence-electron chi connectivity index (χ3n) is 2.90. The zero-order chi connectivity index (χ0) is 13.8. The van der Waals surface area contributed by atoms with Gasteiger partial charge in [0.05, 0.1) is 5.69 Å². The summed E-state index contributed by atoms with van der Waals surface area (Å²) in [5.74, 6) is 0.142. The summed E-state index contributed by atoms with van der Waals surface area (Å²) in [7, 11) is 0. The van der Waals surface area contributed by atoms with Gasteiger partial charge in [0, 0.05) is 0 Å². The van der Waals surface area contributed by atoms with Gasteiger partial charge in [0.2, 0.25) is 0 Å². The Hall–Kier alpha value is -1.81. The van der Waals surface area contributed by atoms with Gasteiger partial charge in [-0.1, -0.05) is 38.1 Å². The van der Waals surface area contributed by atoms with Crippen LogP contribution in [0.5, 0.6) is 0 Å². The maximum Gasteiger partial charge on any atom is 0.350 e. The molecule has 0 aliphatic heterocycles. The van der Waals surface area contributed by atoms with Gasteiger partial charge in [-0.15, -0.1) is 11.3 Å². The van der Waals surface area contributed by atoms with Crippen molar-refractivity contribution in [2.45, 2.75) is 26.4 Å². The molecule has 1 aromatic carbocycles. The van der Waals surface area contributed by atoms with Crippen LogP contribution in [0, 0.1) is 0 Å². The maximum absolute atomic E-state index is 11.8. The number of benzene rings is 1. The molecule has 0 amide bonds. The van der Waals surface area contributed by atoms with Gasteiger partial charge < -0.3 is 10.5 Å². The third-order valence-corrected chi connectivity index (χ3v) is 3.81. The van der Waals surface area contributed by atoms with Crippen LogP contribution in [0.1, 0.15) is 40.6 Å². The summed E-state index contributed by atoms with van der Waals surface area (Å²) < 4.78 is 5.25. The molecule has 0 saturated heterocycles. The molecule has 0 aliphatic rings. The minimum atomic E-state index is -0.361. The van der Waals surface area contributed by atoms with E-state index >= 15 is 0 Å². The van der Waals surface area contributed by atoms with Crippen LogP contribution in [0.4, 0.5) is 5.69 Å². The van der Waals surface area contributed by atoms with Crippen molar-refractivity contribution < 1.29 is 9.53 Å². The third kappa shape index (κ3) is 3.35. The summed E-state index contributed by atoms with van der Waals surface area (Å²) in [6.45, 7) is 4.57. The van der Waals surface area contributed by atoms with E-state index < -0.39 is 0 Å². The van der Waals surface area contributed by atoms with E-state index in [4.69, 9.17) is 10.5 Å². The monoisotopic (exact) mass is 275 g/mol. The predicted octanol–water partition coefficient (Wildman–Crippen LogP) is 3.81. The van der Waals surface area contributed by atoms with Gasteiger partial charge in [0.15, 0.2) is 0 Å². The highest BCUT2D eigenvalue weighted by atomic mass is 32.1. The number of anilines is 1. The highest BCUT2D eigenvalue weighted by Gasteiger charge is 2.12. The molecule has 0 bridgehead atoms. The minimum Gasteiger partial charge on any atom is -0.457 e. The van der Waals surface area contributed by atoms with Gasteiger partial charge in [-0.3, -0.25) is 0 Å². The number of carbonyl (C=O) groups is 1. The lowest BCUT2D eigenvalue weighted by Crippen LogP contribution is -2.05. The number of nitrogens with two attached hydrogens (primary N) is 1. The van der Waals surface area contributed by atoms with E-state index in [1.54, 1.807) is 11.4 Å².